The summed E-state index contributed by atoms with van der Waals surface area (Å²) in [6.07, 6.45) is 3.26. The van der Waals surface area contributed by atoms with E-state index >= 15 is 0 Å². The first-order chi connectivity index (χ1) is 8.74. The van der Waals surface area contributed by atoms with Crippen molar-refractivity contribution in [3.8, 4) is 0 Å². The quantitative estimate of drug-likeness (QED) is 0.725. The van der Waals surface area contributed by atoms with Gasteiger partial charge in [0.05, 0.1) is 21.6 Å². The molecule has 4 N–H and O–H groups in total. The van der Waals surface area contributed by atoms with Crippen molar-refractivity contribution in [1.29, 1.82) is 0 Å². The molecule has 0 amide bonds. The molecule has 1 aromatic heterocycles. The Morgan fingerprint density at radius 2 is 2.28 bits per heavy atom. The van der Waals surface area contributed by atoms with Crippen molar-refractivity contribution >= 4 is 32.9 Å². The van der Waals surface area contributed by atoms with Gasteiger partial charge >= 0.3 is 0 Å². The molecule has 0 bridgehead atoms. The molecule has 0 atom stereocenters. The summed E-state index contributed by atoms with van der Waals surface area (Å²) in [6.45, 7) is 1.15. The highest BCUT2D eigenvalue weighted by Gasteiger charge is 2.41. The van der Waals surface area contributed by atoms with Crippen LogP contribution in [-0.4, -0.2) is 23.2 Å². The molecule has 0 spiro atoms. The second-order valence-corrected chi connectivity index (χ2v) is 5.94. The number of aromatic nitrogens is 1. The second-order valence-electron chi connectivity index (χ2n) is 5.05. The number of nitrogens with zero attached hydrogens (tertiary/aromatic N) is 1. The van der Waals surface area contributed by atoms with Gasteiger partial charge in [-0.25, -0.2) is 4.98 Å². The average Bonchev–Trinajstić information content (AvgIpc) is 2.96. The van der Waals surface area contributed by atoms with E-state index in [1.165, 1.54) is 12.8 Å². The van der Waals surface area contributed by atoms with Crippen molar-refractivity contribution in [2.75, 3.05) is 24.2 Å². The third-order valence-corrected chi connectivity index (χ3v) is 4.59. The minimum atomic E-state index is 0.266. The standard InChI is InChI=1S/C13H17N3OS/c14-11-9(1-2-10-12(11)16-8-18-10)15-7-13(3-4-13)5-6-17/h1-2,8,15,17H,3-7,14H2. The van der Waals surface area contributed by atoms with Crippen LogP contribution in [0, 0.1) is 5.41 Å². The number of fused-ring (bicyclic) bond motifs is 1. The first-order valence-corrected chi connectivity index (χ1v) is 7.08. The van der Waals surface area contributed by atoms with E-state index in [0.29, 0.717) is 0 Å². The Bertz CT molecular complexity index is 562. The lowest BCUT2D eigenvalue weighted by Gasteiger charge is -2.16. The molecule has 96 valence electrons. The topological polar surface area (TPSA) is 71.2 Å². The predicted molar refractivity (Wildman–Crippen MR) is 75.9 cm³/mol. The maximum atomic E-state index is 9.05. The summed E-state index contributed by atoms with van der Waals surface area (Å²) < 4.78 is 1.12. The Labute approximate surface area is 110 Å². The number of nitrogens with two attached hydrogens (primary N) is 1. The third-order valence-electron chi connectivity index (χ3n) is 3.79. The Morgan fingerprint density at radius 1 is 1.44 bits per heavy atom. The molecule has 1 aromatic carbocycles. The first kappa shape index (κ1) is 11.7. The summed E-state index contributed by atoms with van der Waals surface area (Å²) in [7, 11) is 0. The smallest absolute Gasteiger partial charge is 0.106 e. The predicted octanol–water partition coefficient (Wildman–Crippen LogP) is 2.45. The zero-order valence-electron chi connectivity index (χ0n) is 10.1. The molecule has 0 aliphatic heterocycles. The largest absolute Gasteiger partial charge is 0.396 e. The molecule has 1 fully saturated rings. The van der Waals surface area contributed by atoms with E-state index in [1.807, 2.05) is 11.6 Å². The van der Waals surface area contributed by atoms with Gasteiger partial charge < -0.3 is 16.2 Å². The van der Waals surface area contributed by atoms with Crippen molar-refractivity contribution in [2.45, 2.75) is 19.3 Å². The molecule has 0 unspecified atom stereocenters. The molecule has 4 nitrogen and oxygen atoms in total. The first-order valence-electron chi connectivity index (χ1n) is 6.20. The molecule has 1 saturated carbocycles. The second kappa shape index (κ2) is 4.40. The molecule has 18 heavy (non-hydrogen) atoms. The van der Waals surface area contributed by atoms with Crippen molar-refractivity contribution in [2.24, 2.45) is 5.41 Å². The van der Waals surface area contributed by atoms with Gasteiger partial charge in [-0.1, -0.05) is 0 Å². The number of nitrogens with one attached hydrogen (secondary N) is 1. The lowest BCUT2D eigenvalue weighted by Crippen LogP contribution is -2.17. The summed E-state index contributed by atoms with van der Waals surface area (Å²) in [4.78, 5) is 4.29. The fourth-order valence-electron chi connectivity index (χ4n) is 2.32. The van der Waals surface area contributed by atoms with E-state index in [4.69, 9.17) is 10.8 Å². The SMILES string of the molecule is Nc1c(NCC2(CCO)CC2)ccc2scnc12. The number of rotatable bonds is 5. The maximum absolute atomic E-state index is 9.05. The number of aliphatic hydroxyl groups is 1. The summed E-state index contributed by atoms with van der Waals surface area (Å²) in [6, 6.07) is 4.07. The van der Waals surface area contributed by atoms with Crippen LogP contribution in [0.5, 0.6) is 0 Å². The van der Waals surface area contributed by atoms with Gasteiger partial charge in [-0.05, 0) is 36.8 Å². The van der Waals surface area contributed by atoms with Crippen molar-refractivity contribution in [1.82, 2.24) is 4.98 Å². The van der Waals surface area contributed by atoms with Gasteiger partial charge in [0.1, 0.15) is 5.52 Å². The monoisotopic (exact) mass is 263 g/mol. The molecule has 5 heteroatoms. The summed E-state index contributed by atoms with van der Waals surface area (Å²) in [5.41, 5.74) is 10.8. The van der Waals surface area contributed by atoms with Crippen LogP contribution in [0.1, 0.15) is 19.3 Å². The normalized spacial score (nSPS) is 16.9. The lowest BCUT2D eigenvalue weighted by atomic mass is 10.0. The Kier molecular flexibility index (Phi) is 2.87. The van der Waals surface area contributed by atoms with E-state index in [-0.39, 0.29) is 12.0 Å². The number of hydrogen-bond acceptors (Lipinski definition) is 5. The Morgan fingerprint density at radius 3 is 3.00 bits per heavy atom. The number of anilines is 2. The molecule has 1 heterocycles. The highest BCUT2D eigenvalue weighted by molar-refractivity contribution is 7.16. The van der Waals surface area contributed by atoms with Gasteiger partial charge in [0.15, 0.2) is 0 Å². The molecule has 1 aliphatic carbocycles. The summed E-state index contributed by atoms with van der Waals surface area (Å²) in [5.74, 6) is 0. The molecule has 0 saturated heterocycles. The lowest BCUT2D eigenvalue weighted by molar-refractivity contribution is 0.253. The number of aliphatic hydroxyl groups excluding tert-OH is 1. The van der Waals surface area contributed by atoms with Crippen LogP contribution in [0.4, 0.5) is 11.4 Å². The van der Waals surface area contributed by atoms with E-state index < -0.39 is 0 Å². The highest BCUT2D eigenvalue weighted by Crippen LogP contribution is 2.48. The number of nitrogen functional groups attached to an aromatic ring is 1. The fourth-order valence-corrected chi connectivity index (χ4v) is 3.01. The van der Waals surface area contributed by atoms with Gasteiger partial charge in [-0.3, -0.25) is 0 Å². The summed E-state index contributed by atoms with van der Waals surface area (Å²) >= 11 is 1.60. The molecular formula is C13H17N3OS. The van der Waals surface area contributed by atoms with E-state index in [1.54, 1.807) is 11.3 Å². The zero-order chi connectivity index (χ0) is 12.6. The van der Waals surface area contributed by atoms with Crippen LogP contribution in [0.2, 0.25) is 0 Å². The van der Waals surface area contributed by atoms with Gasteiger partial charge in [0, 0.05) is 13.2 Å². The minimum Gasteiger partial charge on any atom is -0.396 e. The van der Waals surface area contributed by atoms with E-state index in [2.05, 4.69) is 16.4 Å². The number of thiazole rings is 1. The van der Waals surface area contributed by atoms with E-state index in [0.717, 1.165) is 34.6 Å². The van der Waals surface area contributed by atoms with Gasteiger partial charge in [0.25, 0.3) is 0 Å². The molecule has 2 aromatic rings. The van der Waals surface area contributed by atoms with Gasteiger partial charge in [-0.15, -0.1) is 11.3 Å². The number of hydrogen-bond donors (Lipinski definition) is 3. The Balaban J connectivity index is 1.76. The molecule has 0 radical (unpaired) electrons. The zero-order valence-corrected chi connectivity index (χ0v) is 11.0. The van der Waals surface area contributed by atoms with E-state index in [9.17, 15) is 0 Å². The fraction of sp³-hybridized carbons (Fsp3) is 0.462. The van der Waals surface area contributed by atoms with Crippen LogP contribution in [0.25, 0.3) is 10.2 Å². The molecule has 3 rings (SSSR count). The molecular weight excluding hydrogens is 246 g/mol. The van der Waals surface area contributed by atoms with Crippen LogP contribution < -0.4 is 11.1 Å². The number of benzene rings is 1. The maximum Gasteiger partial charge on any atom is 0.106 e. The van der Waals surface area contributed by atoms with Crippen LogP contribution in [0.3, 0.4) is 0 Å². The van der Waals surface area contributed by atoms with Crippen LogP contribution >= 0.6 is 11.3 Å². The van der Waals surface area contributed by atoms with Crippen LogP contribution in [-0.2, 0) is 0 Å². The highest BCUT2D eigenvalue weighted by atomic mass is 32.1. The Hall–Kier alpha value is -1.33. The van der Waals surface area contributed by atoms with Crippen LogP contribution in [0.15, 0.2) is 17.6 Å². The average molecular weight is 263 g/mol. The van der Waals surface area contributed by atoms with Crippen molar-refractivity contribution in [3.05, 3.63) is 17.6 Å². The van der Waals surface area contributed by atoms with Gasteiger partial charge in [0.2, 0.25) is 0 Å². The van der Waals surface area contributed by atoms with Crippen molar-refractivity contribution < 1.29 is 5.11 Å². The third kappa shape index (κ3) is 2.04. The molecule has 1 aliphatic rings. The summed E-state index contributed by atoms with van der Waals surface area (Å²) in [5, 5.41) is 12.5. The minimum absolute atomic E-state index is 0.266. The van der Waals surface area contributed by atoms with Crippen molar-refractivity contribution in [3.63, 3.8) is 0 Å². The van der Waals surface area contributed by atoms with Gasteiger partial charge in [-0.2, -0.15) is 0 Å².